The topological polar surface area (TPSA) is 69.6 Å². The summed E-state index contributed by atoms with van der Waals surface area (Å²) in [5.74, 6) is 0.364. The Balaban J connectivity index is 1.48. The van der Waals surface area contributed by atoms with Crippen molar-refractivity contribution in [3.05, 3.63) is 0 Å². The summed E-state index contributed by atoms with van der Waals surface area (Å²) in [7, 11) is 0. The lowest BCUT2D eigenvalue weighted by molar-refractivity contribution is -0.137. The third kappa shape index (κ3) is 3.57. The molecule has 3 aliphatic rings. The lowest BCUT2D eigenvalue weighted by Crippen LogP contribution is -2.48. The first kappa shape index (κ1) is 14.8. The van der Waals surface area contributed by atoms with Gasteiger partial charge in [-0.05, 0) is 38.5 Å². The summed E-state index contributed by atoms with van der Waals surface area (Å²) in [6, 6.07) is 0. The van der Waals surface area contributed by atoms with Gasteiger partial charge in [0, 0.05) is 25.6 Å². The molecule has 0 aromatic rings. The molecule has 0 aromatic carbocycles. The normalized spacial score (nSPS) is 28.4. The Morgan fingerprint density at radius 2 is 1.81 bits per heavy atom. The third-order valence-electron chi connectivity index (χ3n) is 5.16. The van der Waals surface area contributed by atoms with Crippen molar-refractivity contribution in [3.63, 3.8) is 0 Å². The van der Waals surface area contributed by atoms with Gasteiger partial charge >= 0.3 is 0 Å². The maximum atomic E-state index is 12.3. The number of rotatable bonds is 4. The number of nitrogens with one attached hydrogen (secondary N) is 1. The van der Waals surface area contributed by atoms with Crippen LogP contribution in [0.5, 0.6) is 0 Å². The molecule has 0 aromatic heterocycles. The van der Waals surface area contributed by atoms with Crippen molar-refractivity contribution >= 4 is 11.8 Å². The lowest BCUT2D eigenvalue weighted by atomic mass is 9.96. The summed E-state index contributed by atoms with van der Waals surface area (Å²) in [5.41, 5.74) is -0.701. The Hall–Kier alpha value is -1.10. The fourth-order valence-corrected chi connectivity index (χ4v) is 3.59. The molecule has 118 valence electrons. The third-order valence-corrected chi connectivity index (χ3v) is 5.16. The van der Waals surface area contributed by atoms with Crippen molar-refractivity contribution in [3.8, 4) is 0 Å². The molecule has 21 heavy (non-hydrogen) atoms. The summed E-state index contributed by atoms with van der Waals surface area (Å²) in [6.07, 6.45) is 7.42. The van der Waals surface area contributed by atoms with Crippen molar-refractivity contribution in [2.45, 2.75) is 57.0 Å². The van der Waals surface area contributed by atoms with Crippen LogP contribution in [-0.2, 0) is 9.59 Å². The summed E-state index contributed by atoms with van der Waals surface area (Å²) < 4.78 is 0. The number of aliphatic hydroxyl groups is 1. The molecule has 2 aliphatic carbocycles. The Kier molecular flexibility index (Phi) is 4.20. The van der Waals surface area contributed by atoms with Gasteiger partial charge in [0.15, 0.2) is 0 Å². The van der Waals surface area contributed by atoms with Gasteiger partial charge in [-0.2, -0.15) is 0 Å². The molecule has 5 heteroatoms. The van der Waals surface area contributed by atoms with E-state index >= 15 is 0 Å². The van der Waals surface area contributed by atoms with Crippen LogP contribution in [0.25, 0.3) is 0 Å². The molecule has 1 atom stereocenters. The lowest BCUT2D eigenvalue weighted by Gasteiger charge is -2.33. The van der Waals surface area contributed by atoms with Gasteiger partial charge in [-0.25, -0.2) is 0 Å². The molecule has 1 heterocycles. The molecule has 1 saturated heterocycles. The van der Waals surface area contributed by atoms with Crippen LogP contribution in [-0.4, -0.2) is 47.1 Å². The van der Waals surface area contributed by atoms with Crippen molar-refractivity contribution in [1.29, 1.82) is 0 Å². The van der Waals surface area contributed by atoms with Crippen LogP contribution in [0.1, 0.15) is 51.4 Å². The van der Waals surface area contributed by atoms with E-state index in [-0.39, 0.29) is 23.7 Å². The van der Waals surface area contributed by atoms with Crippen LogP contribution in [0, 0.1) is 11.8 Å². The molecule has 5 nitrogen and oxygen atoms in total. The summed E-state index contributed by atoms with van der Waals surface area (Å²) in [4.78, 5) is 26.3. The van der Waals surface area contributed by atoms with E-state index in [2.05, 4.69) is 5.32 Å². The van der Waals surface area contributed by atoms with E-state index < -0.39 is 5.60 Å². The Morgan fingerprint density at radius 1 is 1.10 bits per heavy atom. The van der Waals surface area contributed by atoms with E-state index in [9.17, 15) is 14.7 Å². The maximum absolute atomic E-state index is 12.3. The summed E-state index contributed by atoms with van der Waals surface area (Å²) >= 11 is 0. The Morgan fingerprint density at radius 3 is 2.48 bits per heavy atom. The van der Waals surface area contributed by atoms with Gasteiger partial charge in [-0.15, -0.1) is 0 Å². The maximum Gasteiger partial charge on any atom is 0.225 e. The van der Waals surface area contributed by atoms with E-state index in [0.29, 0.717) is 13.1 Å². The predicted molar refractivity (Wildman–Crippen MR) is 78.5 cm³/mol. The van der Waals surface area contributed by atoms with E-state index in [1.54, 1.807) is 0 Å². The molecule has 0 spiro atoms. The van der Waals surface area contributed by atoms with Crippen LogP contribution in [0.2, 0.25) is 0 Å². The number of piperidine rings is 1. The Bertz CT molecular complexity index is 414. The number of carbonyl (C=O) groups excluding carboxylic acids is 2. The largest absolute Gasteiger partial charge is 0.388 e. The van der Waals surface area contributed by atoms with Crippen LogP contribution in [0.4, 0.5) is 0 Å². The van der Waals surface area contributed by atoms with E-state index in [1.807, 2.05) is 4.90 Å². The van der Waals surface area contributed by atoms with Crippen molar-refractivity contribution < 1.29 is 14.7 Å². The second-order valence-corrected chi connectivity index (χ2v) is 7.05. The highest BCUT2D eigenvalue weighted by atomic mass is 16.3. The highest BCUT2D eigenvalue weighted by Crippen LogP contribution is 2.32. The molecular formula is C16H26N2O3. The zero-order valence-corrected chi connectivity index (χ0v) is 12.6. The standard InChI is InChI=1S/C16H26N2O3/c19-14(17-11-16(21)7-1-2-8-16)13-4-3-9-18(10-13)15(20)12-5-6-12/h12-13,21H,1-11H2,(H,17,19). The highest BCUT2D eigenvalue weighted by Gasteiger charge is 2.37. The summed E-state index contributed by atoms with van der Waals surface area (Å²) in [5, 5.41) is 13.2. The van der Waals surface area contributed by atoms with Crippen LogP contribution in [0.3, 0.4) is 0 Å². The first-order valence-corrected chi connectivity index (χ1v) is 8.36. The van der Waals surface area contributed by atoms with Crippen molar-refractivity contribution in [2.75, 3.05) is 19.6 Å². The van der Waals surface area contributed by atoms with Gasteiger partial charge in [0.1, 0.15) is 0 Å². The fourth-order valence-electron chi connectivity index (χ4n) is 3.59. The SMILES string of the molecule is O=C(NCC1(O)CCCC1)C1CCCN(C(=O)C2CC2)C1. The second kappa shape index (κ2) is 5.95. The summed E-state index contributed by atoms with van der Waals surface area (Å²) in [6.45, 7) is 1.71. The van der Waals surface area contributed by atoms with Crippen molar-refractivity contribution in [1.82, 2.24) is 10.2 Å². The minimum Gasteiger partial charge on any atom is -0.388 e. The smallest absolute Gasteiger partial charge is 0.225 e. The predicted octanol–water partition coefficient (Wildman–Crippen LogP) is 1.06. The van der Waals surface area contributed by atoms with Gasteiger partial charge in [-0.3, -0.25) is 9.59 Å². The fraction of sp³-hybridized carbons (Fsp3) is 0.875. The van der Waals surface area contributed by atoms with Gasteiger partial charge in [0.25, 0.3) is 0 Å². The molecule has 2 saturated carbocycles. The zero-order chi connectivity index (χ0) is 14.9. The minimum atomic E-state index is -0.701. The van der Waals surface area contributed by atoms with Gasteiger partial charge in [0.2, 0.25) is 11.8 Å². The monoisotopic (exact) mass is 294 g/mol. The van der Waals surface area contributed by atoms with E-state index in [0.717, 1.165) is 57.9 Å². The quantitative estimate of drug-likeness (QED) is 0.814. The first-order chi connectivity index (χ1) is 10.1. The van der Waals surface area contributed by atoms with E-state index in [4.69, 9.17) is 0 Å². The average Bonchev–Trinajstić information content (AvgIpc) is 3.26. The molecule has 0 radical (unpaired) electrons. The molecule has 2 N–H and O–H groups in total. The first-order valence-electron chi connectivity index (χ1n) is 8.36. The van der Waals surface area contributed by atoms with Gasteiger partial charge in [0.05, 0.1) is 11.5 Å². The Labute approximate surface area is 126 Å². The number of hydrogen-bond donors (Lipinski definition) is 2. The molecule has 1 aliphatic heterocycles. The van der Waals surface area contributed by atoms with Gasteiger partial charge < -0.3 is 15.3 Å². The van der Waals surface area contributed by atoms with E-state index in [1.165, 1.54) is 0 Å². The van der Waals surface area contributed by atoms with Crippen LogP contribution < -0.4 is 5.32 Å². The van der Waals surface area contributed by atoms with Crippen LogP contribution >= 0.6 is 0 Å². The molecule has 0 bridgehead atoms. The number of amides is 2. The average molecular weight is 294 g/mol. The zero-order valence-electron chi connectivity index (χ0n) is 12.6. The molecule has 2 amide bonds. The molecule has 3 rings (SSSR count). The molecule has 3 fully saturated rings. The molecular weight excluding hydrogens is 268 g/mol. The van der Waals surface area contributed by atoms with Crippen LogP contribution in [0.15, 0.2) is 0 Å². The number of likely N-dealkylation sites (tertiary alicyclic amines) is 1. The van der Waals surface area contributed by atoms with Crippen molar-refractivity contribution in [2.24, 2.45) is 11.8 Å². The highest BCUT2D eigenvalue weighted by molar-refractivity contribution is 5.83. The van der Waals surface area contributed by atoms with Gasteiger partial charge in [-0.1, -0.05) is 12.8 Å². The second-order valence-electron chi connectivity index (χ2n) is 7.05. The number of carbonyl (C=O) groups is 2. The minimum absolute atomic E-state index is 0.00335. The number of nitrogens with zero attached hydrogens (tertiary/aromatic N) is 1. The number of hydrogen-bond acceptors (Lipinski definition) is 3. The molecule has 1 unspecified atom stereocenters.